The Balaban J connectivity index is 0.962. The molecule has 3 saturated heterocycles. The van der Waals surface area contributed by atoms with Crippen molar-refractivity contribution in [2.75, 3.05) is 89.6 Å². The van der Waals surface area contributed by atoms with Crippen molar-refractivity contribution in [3.05, 3.63) is 76.7 Å². The van der Waals surface area contributed by atoms with Crippen LogP contribution in [0.5, 0.6) is 0 Å². The third kappa shape index (κ3) is 8.30. The van der Waals surface area contributed by atoms with Crippen molar-refractivity contribution in [2.24, 2.45) is 13.0 Å². The fraction of sp³-hybridized carbons (Fsp3) is 0.405. The molecule has 0 spiro atoms. The van der Waals surface area contributed by atoms with Crippen LogP contribution in [0.3, 0.4) is 0 Å². The number of quaternary nitrogens is 1. The Bertz CT molecular complexity index is 2240. The molecule has 5 N–H and O–H groups in total. The lowest BCUT2D eigenvalue weighted by atomic mass is 10.0. The van der Waals surface area contributed by atoms with Crippen molar-refractivity contribution in [2.45, 2.75) is 6.18 Å². The molecule has 0 radical (unpaired) electrons. The second-order valence-electron chi connectivity index (χ2n) is 14.8. The number of nitrogens with one attached hydrogen (secondary N) is 2. The number of hydrogen-bond donors (Lipinski definition) is 4. The van der Waals surface area contributed by atoms with Gasteiger partial charge in [-0.25, -0.2) is 23.6 Å². The van der Waals surface area contributed by atoms with E-state index in [9.17, 15) is 41.8 Å². The van der Waals surface area contributed by atoms with Gasteiger partial charge >= 0.3 is 18.2 Å². The van der Waals surface area contributed by atoms with Gasteiger partial charge in [-0.1, -0.05) is 11.6 Å². The maximum absolute atomic E-state index is 14.6. The summed E-state index contributed by atoms with van der Waals surface area (Å²) >= 11 is 6.52. The highest BCUT2D eigenvalue weighted by atomic mass is 35.5. The Kier molecular flexibility index (Phi) is 11.1. The number of carbonyl (C=O) groups excluding carboxylic acids is 3. The van der Waals surface area contributed by atoms with Crippen LogP contribution >= 0.6 is 11.6 Å². The lowest BCUT2D eigenvalue weighted by molar-refractivity contribution is -0.928. The molecule has 0 saturated carbocycles. The molecule has 3 aliphatic heterocycles. The van der Waals surface area contributed by atoms with Crippen LogP contribution in [0.15, 0.2) is 48.8 Å². The second-order valence-corrected chi connectivity index (χ2v) is 15.2. The standard InChI is InChI=1S/C37H40ClF4N11O5/c1-48-30(26-19-52(47-32(26)37(40,41)42)29-5-2-23(43)14-28(29)39)18-45-33(48)34(56)46-24-3-4-25(27(38)15-24)35(57)49-6-8-50(9-7-49)36(58)51-10-12-53(13-11-51,21-31(54)55)20-22-16-44-17-22/h2-5,14-15,18-19,22,44H,6-13,16-17,20-21,43H2,1H3,(H-,46,54,55,56,57)/p+1. The Morgan fingerprint density at radius 2 is 1.67 bits per heavy atom. The Morgan fingerprint density at radius 3 is 2.28 bits per heavy atom. The summed E-state index contributed by atoms with van der Waals surface area (Å²) < 4.78 is 59.2. The van der Waals surface area contributed by atoms with E-state index in [1.165, 1.54) is 37.4 Å². The number of imidazole rings is 1. The van der Waals surface area contributed by atoms with E-state index in [0.29, 0.717) is 49.7 Å². The van der Waals surface area contributed by atoms with Gasteiger partial charge in [0.25, 0.3) is 11.8 Å². The molecule has 4 amide bonds. The number of urea groups is 1. The minimum absolute atomic E-state index is 0.0287. The van der Waals surface area contributed by atoms with Crippen LogP contribution in [-0.2, 0) is 18.0 Å². The Morgan fingerprint density at radius 1 is 1.00 bits per heavy atom. The molecule has 3 fully saturated rings. The number of halogens is 5. The van der Waals surface area contributed by atoms with Crippen LogP contribution in [0.4, 0.5) is 33.7 Å². The van der Waals surface area contributed by atoms with Crippen molar-refractivity contribution in [1.29, 1.82) is 0 Å². The summed E-state index contributed by atoms with van der Waals surface area (Å²) in [6.07, 6.45) is -2.87. The number of amides is 4. The zero-order valence-corrected chi connectivity index (χ0v) is 32.1. The minimum Gasteiger partial charge on any atom is -0.477 e. The van der Waals surface area contributed by atoms with Crippen LogP contribution in [-0.4, -0.2) is 146 Å². The summed E-state index contributed by atoms with van der Waals surface area (Å²) in [5, 5.41) is 19.0. The fourth-order valence-electron chi connectivity index (χ4n) is 7.70. The zero-order valence-electron chi connectivity index (χ0n) is 31.3. The Hall–Kier alpha value is -5.73. The molecule has 0 unspecified atom stereocenters. The maximum atomic E-state index is 14.6. The molecule has 16 nitrogen and oxygen atoms in total. The number of rotatable bonds is 9. The highest BCUT2D eigenvalue weighted by Crippen LogP contribution is 2.37. The summed E-state index contributed by atoms with van der Waals surface area (Å²) in [6, 6.07) is 7.58. The van der Waals surface area contributed by atoms with E-state index in [-0.39, 0.29) is 70.7 Å². The molecule has 0 aliphatic carbocycles. The van der Waals surface area contributed by atoms with Crippen molar-refractivity contribution in [3.63, 3.8) is 0 Å². The molecule has 2 aromatic heterocycles. The van der Waals surface area contributed by atoms with Crippen molar-refractivity contribution < 1.29 is 46.3 Å². The van der Waals surface area contributed by atoms with Crippen LogP contribution in [0.1, 0.15) is 26.7 Å². The van der Waals surface area contributed by atoms with Gasteiger partial charge in [0.1, 0.15) is 5.69 Å². The van der Waals surface area contributed by atoms with Crippen LogP contribution in [0, 0.1) is 11.7 Å². The summed E-state index contributed by atoms with van der Waals surface area (Å²) in [5.41, 5.74) is 3.85. The number of carboxylic acids is 1. The van der Waals surface area contributed by atoms with Gasteiger partial charge in [0.15, 0.2) is 23.9 Å². The van der Waals surface area contributed by atoms with Gasteiger partial charge < -0.3 is 45.2 Å². The molecule has 7 rings (SSSR count). The average Bonchev–Trinajstić information content (AvgIpc) is 3.77. The van der Waals surface area contributed by atoms with Crippen LogP contribution in [0.25, 0.3) is 16.9 Å². The van der Waals surface area contributed by atoms with Crippen molar-refractivity contribution >= 4 is 46.8 Å². The first-order chi connectivity index (χ1) is 27.5. The first kappa shape index (κ1) is 40.5. The average molecular weight is 831 g/mol. The molecule has 0 atom stereocenters. The van der Waals surface area contributed by atoms with E-state index in [1.54, 1.807) is 14.7 Å². The van der Waals surface area contributed by atoms with Gasteiger partial charge in [-0.15, -0.1) is 0 Å². The van der Waals surface area contributed by atoms with Crippen LogP contribution < -0.4 is 16.4 Å². The molecule has 0 bridgehead atoms. The van der Waals surface area contributed by atoms with E-state index in [1.807, 2.05) is 0 Å². The van der Waals surface area contributed by atoms with Gasteiger partial charge in [-0.2, -0.15) is 18.3 Å². The van der Waals surface area contributed by atoms with Crippen LogP contribution in [0.2, 0.25) is 5.02 Å². The van der Waals surface area contributed by atoms with E-state index in [2.05, 4.69) is 20.7 Å². The maximum Gasteiger partial charge on any atom is 0.435 e. The molecular weight excluding hydrogens is 790 g/mol. The van der Waals surface area contributed by atoms with Crippen molar-refractivity contribution in [1.82, 2.24) is 39.3 Å². The molecule has 2 aromatic carbocycles. The first-order valence-electron chi connectivity index (χ1n) is 18.5. The summed E-state index contributed by atoms with van der Waals surface area (Å²) in [7, 11) is 1.34. The minimum atomic E-state index is -4.93. The normalized spacial score (nSPS) is 17.2. The molecule has 3 aliphatic rings. The van der Waals surface area contributed by atoms with E-state index < -0.39 is 35.1 Å². The highest BCUT2D eigenvalue weighted by molar-refractivity contribution is 6.34. The molecule has 21 heteroatoms. The van der Waals surface area contributed by atoms with Gasteiger partial charge in [0.05, 0.1) is 60.8 Å². The van der Waals surface area contributed by atoms with Gasteiger partial charge in [0.2, 0.25) is 0 Å². The monoisotopic (exact) mass is 830 g/mol. The number of piperazine rings is 2. The van der Waals surface area contributed by atoms with Crippen molar-refractivity contribution in [3.8, 4) is 16.9 Å². The summed E-state index contributed by atoms with van der Waals surface area (Å²) in [5.74, 6) is -2.72. The molecule has 308 valence electrons. The third-order valence-electron chi connectivity index (χ3n) is 10.9. The lowest BCUT2D eigenvalue weighted by Gasteiger charge is -2.47. The largest absolute Gasteiger partial charge is 0.477 e. The Labute approximate surface area is 334 Å². The van der Waals surface area contributed by atoms with E-state index >= 15 is 0 Å². The van der Waals surface area contributed by atoms with Gasteiger partial charge in [0, 0.05) is 69.8 Å². The molecule has 4 aromatic rings. The predicted molar refractivity (Wildman–Crippen MR) is 203 cm³/mol. The summed E-state index contributed by atoms with van der Waals surface area (Å²) in [4.78, 5) is 60.9. The number of benzene rings is 2. The number of anilines is 2. The lowest BCUT2D eigenvalue weighted by Crippen LogP contribution is -2.67. The van der Waals surface area contributed by atoms with Gasteiger partial charge in [-0.3, -0.25) is 9.59 Å². The fourth-order valence-corrected chi connectivity index (χ4v) is 7.96. The smallest absolute Gasteiger partial charge is 0.435 e. The molecule has 5 heterocycles. The second kappa shape index (κ2) is 15.9. The number of carbonyl (C=O) groups is 4. The number of aliphatic carboxylic acids is 1. The zero-order chi connectivity index (χ0) is 41.5. The third-order valence-corrected chi connectivity index (χ3v) is 11.2. The predicted octanol–water partition coefficient (Wildman–Crippen LogP) is 3.23. The highest BCUT2D eigenvalue weighted by Gasteiger charge is 2.42. The summed E-state index contributed by atoms with van der Waals surface area (Å²) in [6.45, 7) is 5.67. The number of alkyl halides is 3. The van der Waals surface area contributed by atoms with E-state index in [0.717, 1.165) is 47.3 Å². The first-order valence-corrected chi connectivity index (χ1v) is 18.9. The number of aromatic nitrogens is 4. The SMILES string of the molecule is Cn1c(-c2cn(-c3ccc(N)cc3F)nc2C(F)(F)F)cnc1C(=O)Nc1ccc(C(=O)N2CCN(C(=O)N3CC[N+](CC(=O)O)(CC4CNC4)CC3)CC2)c(Cl)c1. The molecule has 58 heavy (non-hydrogen) atoms. The van der Waals surface area contributed by atoms with Gasteiger partial charge in [-0.05, 0) is 36.4 Å². The quantitative estimate of drug-likeness (QED) is 0.112. The topological polar surface area (TPSA) is 184 Å². The van der Waals surface area contributed by atoms with E-state index in [4.69, 9.17) is 17.3 Å². The number of nitrogens with two attached hydrogens (primary N) is 1. The molecular formula is C37H41ClF4N11O5+. The number of carboxylic acid groups (broad SMARTS) is 1. The number of nitrogens with zero attached hydrogens (tertiary/aromatic N) is 8. The number of hydrogen-bond acceptors (Lipinski definition) is 8. The number of nitrogen functional groups attached to an aromatic ring is 1.